The van der Waals surface area contributed by atoms with E-state index < -0.39 is 0 Å². The van der Waals surface area contributed by atoms with Crippen molar-refractivity contribution in [2.75, 3.05) is 18.5 Å². The summed E-state index contributed by atoms with van der Waals surface area (Å²) in [5.74, 6) is 0.874. The lowest BCUT2D eigenvalue weighted by molar-refractivity contribution is -0.134. The van der Waals surface area contributed by atoms with Gasteiger partial charge in [0.2, 0.25) is 5.91 Å². The van der Waals surface area contributed by atoms with Gasteiger partial charge in [0.05, 0.1) is 6.04 Å². The Balaban J connectivity index is 1.55. The molecule has 0 spiro atoms. The molecule has 4 rings (SSSR count). The molecule has 0 aromatic heterocycles. The zero-order valence-corrected chi connectivity index (χ0v) is 20.1. The van der Waals surface area contributed by atoms with Crippen LogP contribution in [-0.2, 0) is 16.0 Å². The highest BCUT2D eigenvalue weighted by atomic mass is 16.5. The van der Waals surface area contributed by atoms with Crippen molar-refractivity contribution >= 4 is 17.5 Å². The highest BCUT2D eigenvalue weighted by Crippen LogP contribution is 2.37. The summed E-state index contributed by atoms with van der Waals surface area (Å²) in [4.78, 5) is 27.6. The fraction of sp³-hybridized carbons (Fsp3) is 0.310. The van der Waals surface area contributed by atoms with E-state index in [-0.39, 0.29) is 24.5 Å². The van der Waals surface area contributed by atoms with Crippen molar-refractivity contribution in [3.8, 4) is 5.75 Å². The Bertz CT molecular complexity index is 1160. The first kappa shape index (κ1) is 23.6. The number of rotatable bonds is 7. The molecule has 0 saturated heterocycles. The molecule has 34 heavy (non-hydrogen) atoms. The smallest absolute Gasteiger partial charge is 0.262 e. The molecule has 3 aromatic rings. The van der Waals surface area contributed by atoms with E-state index in [0.717, 1.165) is 28.8 Å². The van der Waals surface area contributed by atoms with Gasteiger partial charge in [-0.1, -0.05) is 62.4 Å². The van der Waals surface area contributed by atoms with Crippen molar-refractivity contribution < 1.29 is 14.3 Å². The normalized spacial score (nSPS) is 15.1. The largest absolute Gasteiger partial charge is 0.484 e. The number of aryl methyl sites for hydroxylation is 1. The first-order valence-electron chi connectivity index (χ1n) is 11.9. The zero-order valence-electron chi connectivity index (χ0n) is 20.1. The van der Waals surface area contributed by atoms with Gasteiger partial charge in [0.1, 0.15) is 5.75 Å². The minimum Gasteiger partial charge on any atom is -0.484 e. The number of benzene rings is 3. The van der Waals surface area contributed by atoms with E-state index in [9.17, 15) is 9.59 Å². The molecule has 1 aliphatic heterocycles. The topological polar surface area (TPSA) is 58.6 Å². The molecule has 1 atom stereocenters. The molecule has 0 bridgehead atoms. The molecule has 1 heterocycles. The van der Waals surface area contributed by atoms with Gasteiger partial charge in [-0.15, -0.1) is 0 Å². The molecule has 5 nitrogen and oxygen atoms in total. The second kappa shape index (κ2) is 10.6. The van der Waals surface area contributed by atoms with E-state index in [1.165, 1.54) is 5.56 Å². The third-order valence-corrected chi connectivity index (χ3v) is 6.04. The average molecular weight is 457 g/mol. The minimum absolute atomic E-state index is 0.0846. The number of fused-ring (bicyclic) bond motifs is 1. The van der Waals surface area contributed by atoms with Gasteiger partial charge in [-0.05, 0) is 65.8 Å². The van der Waals surface area contributed by atoms with Crippen LogP contribution in [0.3, 0.4) is 0 Å². The number of hydrogen-bond acceptors (Lipinski definition) is 3. The van der Waals surface area contributed by atoms with Gasteiger partial charge in [0.25, 0.3) is 5.91 Å². The number of carbonyl (C=O) groups excluding carboxylic acids is 2. The molecule has 5 heteroatoms. The number of anilines is 1. The predicted octanol–water partition coefficient (Wildman–Crippen LogP) is 5.53. The van der Waals surface area contributed by atoms with E-state index in [1.807, 2.05) is 66.4 Å². The maximum absolute atomic E-state index is 13.1. The van der Waals surface area contributed by atoms with E-state index in [0.29, 0.717) is 24.6 Å². The maximum Gasteiger partial charge on any atom is 0.262 e. The second-order valence-electron chi connectivity index (χ2n) is 9.32. The highest BCUT2D eigenvalue weighted by molar-refractivity contribution is 5.91. The van der Waals surface area contributed by atoms with Crippen molar-refractivity contribution in [1.29, 1.82) is 0 Å². The first-order chi connectivity index (χ1) is 16.4. The number of hydrogen-bond donors (Lipinski definition) is 1. The van der Waals surface area contributed by atoms with Gasteiger partial charge in [-0.2, -0.15) is 0 Å². The minimum atomic E-state index is -0.211. The van der Waals surface area contributed by atoms with Crippen molar-refractivity contribution in [2.24, 2.45) is 5.92 Å². The quantitative estimate of drug-likeness (QED) is 0.508. The first-order valence-corrected chi connectivity index (χ1v) is 11.9. The molecule has 1 N–H and O–H groups in total. The van der Waals surface area contributed by atoms with Crippen LogP contribution in [-0.4, -0.2) is 29.9 Å². The van der Waals surface area contributed by atoms with Crippen LogP contribution in [0.2, 0.25) is 0 Å². The van der Waals surface area contributed by atoms with Crippen molar-refractivity contribution in [3.63, 3.8) is 0 Å². The maximum atomic E-state index is 13.1. The Hall–Kier alpha value is -3.60. The highest BCUT2D eigenvalue weighted by Gasteiger charge is 2.32. The van der Waals surface area contributed by atoms with Gasteiger partial charge in [-0.25, -0.2) is 0 Å². The lowest BCUT2D eigenvalue weighted by Gasteiger charge is -2.38. The lowest BCUT2D eigenvalue weighted by atomic mass is 9.87. The van der Waals surface area contributed by atoms with Crippen LogP contribution in [0.4, 0.5) is 5.69 Å². The van der Waals surface area contributed by atoms with Gasteiger partial charge >= 0.3 is 0 Å². The summed E-state index contributed by atoms with van der Waals surface area (Å²) in [5.41, 5.74) is 5.18. The Morgan fingerprint density at radius 2 is 1.82 bits per heavy atom. The van der Waals surface area contributed by atoms with Crippen LogP contribution in [0.1, 0.15) is 48.6 Å². The summed E-state index contributed by atoms with van der Waals surface area (Å²) in [6.07, 6.45) is 1.32. The van der Waals surface area contributed by atoms with Crippen LogP contribution < -0.4 is 10.1 Å². The standard InChI is InChI=1S/C29H32N2O3/c1-20(2)16-28(33)31-15-14-22-12-13-25(18-26(22)29(31)23-9-5-4-6-10-23)34-19-27(32)30-24-11-7-8-21(3)17-24/h4-13,17-18,20,29H,14-16,19H2,1-3H3,(H,30,32). The Morgan fingerprint density at radius 1 is 1.03 bits per heavy atom. The predicted molar refractivity (Wildman–Crippen MR) is 135 cm³/mol. The number of amides is 2. The van der Waals surface area contributed by atoms with Gasteiger partial charge in [0.15, 0.2) is 6.61 Å². The summed E-state index contributed by atoms with van der Waals surface area (Å²) >= 11 is 0. The van der Waals surface area contributed by atoms with Crippen LogP contribution in [0, 0.1) is 12.8 Å². The SMILES string of the molecule is Cc1cccc(NC(=O)COc2ccc3c(c2)C(c2ccccc2)N(C(=O)CC(C)C)CC3)c1. The molecule has 0 aliphatic carbocycles. The summed E-state index contributed by atoms with van der Waals surface area (Å²) in [7, 11) is 0. The summed E-state index contributed by atoms with van der Waals surface area (Å²) in [6, 6.07) is 23.6. The average Bonchev–Trinajstić information content (AvgIpc) is 2.82. The summed E-state index contributed by atoms with van der Waals surface area (Å²) in [6.45, 7) is 6.73. The Labute approximate surface area is 201 Å². The molecule has 0 saturated carbocycles. The lowest BCUT2D eigenvalue weighted by Crippen LogP contribution is -2.41. The zero-order chi connectivity index (χ0) is 24.1. The fourth-order valence-electron chi connectivity index (χ4n) is 4.48. The van der Waals surface area contributed by atoms with E-state index in [1.54, 1.807) is 0 Å². The van der Waals surface area contributed by atoms with Crippen molar-refractivity contribution in [2.45, 2.75) is 39.7 Å². The summed E-state index contributed by atoms with van der Waals surface area (Å²) in [5, 5.41) is 2.87. The van der Waals surface area contributed by atoms with Gasteiger partial charge in [-0.3, -0.25) is 9.59 Å². The molecule has 3 aromatic carbocycles. The molecule has 176 valence electrons. The third kappa shape index (κ3) is 5.66. The Morgan fingerprint density at radius 3 is 2.56 bits per heavy atom. The van der Waals surface area contributed by atoms with Crippen LogP contribution in [0.5, 0.6) is 5.75 Å². The van der Waals surface area contributed by atoms with E-state index in [4.69, 9.17) is 4.74 Å². The number of carbonyl (C=O) groups is 2. The summed E-state index contributed by atoms with van der Waals surface area (Å²) < 4.78 is 5.87. The third-order valence-electron chi connectivity index (χ3n) is 6.04. The fourth-order valence-corrected chi connectivity index (χ4v) is 4.48. The molecule has 1 aliphatic rings. The van der Waals surface area contributed by atoms with E-state index >= 15 is 0 Å². The molecule has 1 unspecified atom stereocenters. The molecule has 0 radical (unpaired) electrons. The Kier molecular flexibility index (Phi) is 7.31. The van der Waals surface area contributed by atoms with Crippen LogP contribution >= 0.6 is 0 Å². The number of ether oxygens (including phenoxy) is 1. The van der Waals surface area contributed by atoms with E-state index in [2.05, 4.69) is 37.4 Å². The second-order valence-corrected chi connectivity index (χ2v) is 9.32. The van der Waals surface area contributed by atoms with Gasteiger partial charge in [0, 0.05) is 18.7 Å². The molecular formula is C29H32N2O3. The number of nitrogens with one attached hydrogen (secondary N) is 1. The molecule has 2 amide bonds. The monoisotopic (exact) mass is 456 g/mol. The van der Waals surface area contributed by atoms with Crippen molar-refractivity contribution in [3.05, 3.63) is 95.1 Å². The number of nitrogens with zero attached hydrogens (tertiary/aromatic N) is 1. The molecule has 0 fully saturated rings. The van der Waals surface area contributed by atoms with Crippen molar-refractivity contribution in [1.82, 2.24) is 4.90 Å². The molecular weight excluding hydrogens is 424 g/mol. The van der Waals surface area contributed by atoms with Gasteiger partial charge < -0.3 is 15.0 Å². The van der Waals surface area contributed by atoms with Crippen LogP contribution in [0.25, 0.3) is 0 Å². The van der Waals surface area contributed by atoms with Crippen LogP contribution in [0.15, 0.2) is 72.8 Å².